The van der Waals surface area contributed by atoms with Crippen LogP contribution in [0.25, 0.3) is 0 Å². The second kappa shape index (κ2) is 9.53. The van der Waals surface area contributed by atoms with Crippen LogP contribution in [0.1, 0.15) is 65.0 Å². The van der Waals surface area contributed by atoms with E-state index in [1.54, 1.807) is 6.07 Å². The largest absolute Gasteiger partial charge is 0.457 e. The zero-order valence-corrected chi connectivity index (χ0v) is 18.9. The van der Waals surface area contributed by atoms with Crippen molar-refractivity contribution in [2.24, 2.45) is 0 Å². The Hall–Kier alpha value is -3.18. The number of para-hydroxylation sites is 1. The van der Waals surface area contributed by atoms with Gasteiger partial charge in [-0.1, -0.05) is 44.2 Å². The summed E-state index contributed by atoms with van der Waals surface area (Å²) in [5, 5.41) is 10.0. The van der Waals surface area contributed by atoms with Crippen LogP contribution in [0.5, 0.6) is 11.5 Å². The molecule has 1 amide bonds. The summed E-state index contributed by atoms with van der Waals surface area (Å²) in [6, 6.07) is 19.5. The minimum atomic E-state index is -0.0672. The van der Waals surface area contributed by atoms with Crippen LogP contribution in [0, 0.1) is 6.92 Å². The van der Waals surface area contributed by atoms with Gasteiger partial charge in [0, 0.05) is 24.7 Å². The van der Waals surface area contributed by atoms with Crippen LogP contribution in [0.3, 0.4) is 0 Å². The van der Waals surface area contributed by atoms with Gasteiger partial charge in [-0.3, -0.25) is 4.79 Å². The number of aryl methyl sites for hydroxylation is 1. The molecule has 0 aliphatic carbocycles. The lowest BCUT2D eigenvalue weighted by molar-refractivity contribution is 0.0784. The highest BCUT2D eigenvalue weighted by Gasteiger charge is 2.30. The van der Waals surface area contributed by atoms with E-state index in [4.69, 9.17) is 4.74 Å². The lowest BCUT2D eigenvalue weighted by Crippen LogP contribution is -2.29. The van der Waals surface area contributed by atoms with Crippen molar-refractivity contribution in [3.05, 3.63) is 88.7 Å². The normalized spacial score (nSPS) is 15.9. The van der Waals surface area contributed by atoms with Gasteiger partial charge in [-0.25, -0.2) is 4.98 Å². The molecule has 4 rings (SSSR count). The molecule has 1 N–H and O–H groups in total. The highest BCUT2D eigenvalue weighted by molar-refractivity contribution is 5.92. The Kier molecular flexibility index (Phi) is 6.56. The first-order valence-electron chi connectivity index (χ1n) is 11.2. The highest BCUT2D eigenvalue weighted by Crippen LogP contribution is 2.35. The fraction of sp³-hybridized carbons (Fsp3) is 0.333. The number of ether oxygens (including phenoxy) is 1. The number of rotatable bonds is 6. The molecule has 1 fully saturated rings. The molecule has 1 aromatic heterocycles. The van der Waals surface area contributed by atoms with Gasteiger partial charge in [0.15, 0.2) is 0 Å². The number of nitrogens with zero attached hydrogens (tertiary/aromatic N) is 2. The van der Waals surface area contributed by atoms with E-state index in [1.807, 2.05) is 60.4 Å². The Labute approximate surface area is 189 Å². The van der Waals surface area contributed by atoms with Crippen molar-refractivity contribution in [2.45, 2.75) is 45.6 Å². The van der Waals surface area contributed by atoms with Crippen LogP contribution in [0.2, 0.25) is 0 Å². The van der Waals surface area contributed by atoms with Gasteiger partial charge in [0.1, 0.15) is 17.2 Å². The lowest BCUT2D eigenvalue weighted by atomic mass is 9.93. The van der Waals surface area contributed by atoms with Crippen molar-refractivity contribution >= 4 is 5.91 Å². The molecule has 5 heteroatoms. The number of pyridine rings is 1. The number of carbonyl (C=O) groups excluding carboxylic acids is 1. The topological polar surface area (TPSA) is 62.7 Å². The molecule has 0 unspecified atom stereocenters. The Morgan fingerprint density at radius 1 is 1.16 bits per heavy atom. The van der Waals surface area contributed by atoms with Gasteiger partial charge in [0.2, 0.25) is 0 Å². The van der Waals surface area contributed by atoms with E-state index >= 15 is 0 Å². The van der Waals surface area contributed by atoms with Crippen molar-refractivity contribution in [2.75, 3.05) is 13.1 Å². The van der Waals surface area contributed by atoms with E-state index in [1.165, 1.54) is 0 Å². The summed E-state index contributed by atoms with van der Waals surface area (Å²) in [4.78, 5) is 19.1. The third kappa shape index (κ3) is 4.68. The Morgan fingerprint density at radius 2 is 1.97 bits per heavy atom. The summed E-state index contributed by atoms with van der Waals surface area (Å²) in [6.45, 7) is 7.41. The number of hydrogen-bond acceptors (Lipinski definition) is 4. The maximum Gasteiger partial charge on any atom is 0.272 e. The molecule has 3 aromatic rings. The standard InChI is InChI=1S/C27H30N2O3/c1-18(2)23-8-4-5-10-26(23)32-22-11-12-24(21(15-22)17-30)20-13-14-29(16-20)27(31)25-9-6-7-19(3)28-25/h4-12,15,18,20,30H,13-14,16-17H2,1-3H3/t20-/m1/s1. The summed E-state index contributed by atoms with van der Waals surface area (Å²) in [7, 11) is 0. The second-order valence-corrected chi connectivity index (χ2v) is 8.71. The molecule has 0 spiro atoms. The molecule has 32 heavy (non-hydrogen) atoms. The zero-order valence-electron chi connectivity index (χ0n) is 18.9. The highest BCUT2D eigenvalue weighted by atomic mass is 16.5. The van der Waals surface area contributed by atoms with Crippen molar-refractivity contribution in [1.29, 1.82) is 0 Å². The van der Waals surface area contributed by atoms with Gasteiger partial charge in [-0.2, -0.15) is 0 Å². The smallest absolute Gasteiger partial charge is 0.272 e. The number of benzene rings is 2. The minimum Gasteiger partial charge on any atom is -0.457 e. The van der Waals surface area contributed by atoms with E-state index in [9.17, 15) is 9.90 Å². The number of likely N-dealkylation sites (tertiary alicyclic amines) is 1. The molecule has 1 atom stereocenters. The summed E-state index contributed by atoms with van der Waals surface area (Å²) < 4.78 is 6.18. The average Bonchev–Trinajstić information content (AvgIpc) is 3.28. The first-order valence-corrected chi connectivity index (χ1v) is 11.2. The van der Waals surface area contributed by atoms with Gasteiger partial charge in [-0.05, 0) is 66.3 Å². The number of carbonyl (C=O) groups is 1. The SMILES string of the molecule is Cc1cccc(C(=O)N2CC[C@@H](c3ccc(Oc4ccccc4C(C)C)cc3CO)C2)n1. The molecule has 0 bridgehead atoms. The number of aliphatic hydroxyl groups is 1. The molecule has 1 aliphatic rings. The molecule has 2 aromatic carbocycles. The predicted octanol–water partition coefficient (Wildman–Crippen LogP) is 5.43. The maximum absolute atomic E-state index is 12.9. The summed E-state index contributed by atoms with van der Waals surface area (Å²) >= 11 is 0. The van der Waals surface area contributed by atoms with Crippen LogP contribution in [-0.2, 0) is 6.61 Å². The zero-order chi connectivity index (χ0) is 22.7. The van der Waals surface area contributed by atoms with Gasteiger partial charge in [-0.15, -0.1) is 0 Å². The van der Waals surface area contributed by atoms with E-state index in [0.29, 0.717) is 30.5 Å². The fourth-order valence-electron chi connectivity index (χ4n) is 4.38. The molecule has 0 saturated carbocycles. The molecule has 1 saturated heterocycles. The first-order chi connectivity index (χ1) is 15.5. The monoisotopic (exact) mass is 430 g/mol. The van der Waals surface area contributed by atoms with E-state index in [-0.39, 0.29) is 18.4 Å². The maximum atomic E-state index is 12.9. The lowest BCUT2D eigenvalue weighted by Gasteiger charge is -2.19. The second-order valence-electron chi connectivity index (χ2n) is 8.71. The molecule has 2 heterocycles. The Morgan fingerprint density at radius 3 is 2.72 bits per heavy atom. The molecular weight excluding hydrogens is 400 g/mol. The van der Waals surface area contributed by atoms with Crippen LogP contribution in [0.15, 0.2) is 60.7 Å². The molecule has 166 valence electrons. The Bertz CT molecular complexity index is 1110. The molecule has 1 aliphatic heterocycles. The average molecular weight is 431 g/mol. The quantitative estimate of drug-likeness (QED) is 0.567. The molecular formula is C27H30N2O3. The van der Waals surface area contributed by atoms with Gasteiger partial charge in [0.05, 0.1) is 6.61 Å². The predicted molar refractivity (Wildman–Crippen MR) is 125 cm³/mol. The number of hydrogen-bond donors (Lipinski definition) is 1. The summed E-state index contributed by atoms with van der Waals surface area (Å²) in [5.74, 6) is 2.05. The number of aliphatic hydroxyl groups excluding tert-OH is 1. The van der Waals surface area contributed by atoms with E-state index < -0.39 is 0 Å². The van der Waals surface area contributed by atoms with Crippen LogP contribution in [-0.4, -0.2) is 34.0 Å². The molecule has 5 nitrogen and oxygen atoms in total. The molecule has 0 radical (unpaired) electrons. The van der Waals surface area contributed by atoms with Crippen molar-refractivity contribution in [3.63, 3.8) is 0 Å². The first kappa shape index (κ1) is 22.0. The summed E-state index contributed by atoms with van der Waals surface area (Å²) in [5.41, 5.74) is 4.39. The number of amides is 1. The van der Waals surface area contributed by atoms with Crippen molar-refractivity contribution in [1.82, 2.24) is 9.88 Å². The summed E-state index contributed by atoms with van der Waals surface area (Å²) in [6.07, 6.45) is 0.862. The Balaban J connectivity index is 1.51. The van der Waals surface area contributed by atoms with E-state index in [0.717, 1.165) is 34.6 Å². The van der Waals surface area contributed by atoms with Crippen molar-refractivity contribution in [3.8, 4) is 11.5 Å². The fourth-order valence-corrected chi connectivity index (χ4v) is 4.38. The van der Waals surface area contributed by atoms with Gasteiger partial charge < -0.3 is 14.7 Å². The van der Waals surface area contributed by atoms with Gasteiger partial charge >= 0.3 is 0 Å². The van der Waals surface area contributed by atoms with Crippen LogP contribution < -0.4 is 4.74 Å². The minimum absolute atomic E-state index is 0.0352. The van der Waals surface area contributed by atoms with Crippen LogP contribution in [0.4, 0.5) is 0 Å². The van der Waals surface area contributed by atoms with Gasteiger partial charge in [0.25, 0.3) is 5.91 Å². The third-order valence-corrected chi connectivity index (χ3v) is 6.08. The van der Waals surface area contributed by atoms with Crippen molar-refractivity contribution < 1.29 is 14.6 Å². The number of aromatic nitrogens is 1. The van der Waals surface area contributed by atoms with Crippen LogP contribution >= 0.6 is 0 Å². The van der Waals surface area contributed by atoms with E-state index in [2.05, 4.69) is 24.9 Å². The third-order valence-electron chi connectivity index (χ3n) is 6.08.